The topological polar surface area (TPSA) is 32.3 Å². The number of nitrogens with one attached hydrogen (secondary N) is 1. The number of carbonyl (C=O) groups excluding carboxylic acids is 1. The molecule has 3 nitrogen and oxygen atoms in total. The molecule has 0 aliphatic heterocycles. The summed E-state index contributed by atoms with van der Waals surface area (Å²) in [5.74, 6) is 0. The van der Waals surface area contributed by atoms with Crippen LogP contribution in [0.5, 0.6) is 0 Å². The zero-order valence-corrected chi connectivity index (χ0v) is 12.7. The maximum Gasteiger partial charge on any atom is 0.321 e. The SMILES string of the molecule is CCN(C(=O)NCCc1ccccc1)c1cccc(C)c1. The summed E-state index contributed by atoms with van der Waals surface area (Å²) in [4.78, 5) is 14.1. The molecule has 21 heavy (non-hydrogen) atoms. The Labute approximate surface area is 126 Å². The summed E-state index contributed by atoms with van der Waals surface area (Å²) in [6.07, 6.45) is 0.845. The van der Waals surface area contributed by atoms with Gasteiger partial charge in [0.1, 0.15) is 0 Å². The van der Waals surface area contributed by atoms with E-state index in [2.05, 4.69) is 17.4 Å². The lowest BCUT2D eigenvalue weighted by molar-refractivity contribution is 0.246. The minimum Gasteiger partial charge on any atom is -0.337 e. The lowest BCUT2D eigenvalue weighted by Gasteiger charge is -2.22. The van der Waals surface area contributed by atoms with Crippen molar-refractivity contribution in [1.29, 1.82) is 0 Å². The van der Waals surface area contributed by atoms with Crippen LogP contribution in [-0.4, -0.2) is 19.1 Å². The summed E-state index contributed by atoms with van der Waals surface area (Å²) in [5.41, 5.74) is 3.33. The highest BCUT2D eigenvalue weighted by Crippen LogP contribution is 2.15. The number of aryl methyl sites for hydroxylation is 1. The van der Waals surface area contributed by atoms with Crippen LogP contribution in [0.3, 0.4) is 0 Å². The van der Waals surface area contributed by atoms with Crippen molar-refractivity contribution in [2.75, 3.05) is 18.0 Å². The van der Waals surface area contributed by atoms with E-state index in [1.165, 1.54) is 5.56 Å². The van der Waals surface area contributed by atoms with Gasteiger partial charge in [-0.15, -0.1) is 0 Å². The molecule has 0 atom stereocenters. The van der Waals surface area contributed by atoms with Gasteiger partial charge in [0.05, 0.1) is 0 Å². The molecule has 1 N–H and O–H groups in total. The number of hydrogen-bond acceptors (Lipinski definition) is 1. The monoisotopic (exact) mass is 282 g/mol. The maximum atomic E-state index is 12.3. The van der Waals surface area contributed by atoms with E-state index in [-0.39, 0.29) is 6.03 Å². The first-order valence-electron chi connectivity index (χ1n) is 7.36. The van der Waals surface area contributed by atoms with Gasteiger partial charge >= 0.3 is 6.03 Å². The van der Waals surface area contributed by atoms with E-state index < -0.39 is 0 Å². The number of rotatable bonds is 5. The van der Waals surface area contributed by atoms with Gasteiger partial charge in [-0.2, -0.15) is 0 Å². The molecule has 2 aromatic rings. The van der Waals surface area contributed by atoms with E-state index in [1.54, 1.807) is 4.90 Å². The number of hydrogen-bond donors (Lipinski definition) is 1. The van der Waals surface area contributed by atoms with Crippen LogP contribution in [0.2, 0.25) is 0 Å². The molecule has 0 heterocycles. The summed E-state index contributed by atoms with van der Waals surface area (Å²) in [6.45, 7) is 5.32. The zero-order chi connectivity index (χ0) is 15.1. The highest BCUT2D eigenvalue weighted by atomic mass is 16.2. The minimum absolute atomic E-state index is 0.0426. The summed E-state index contributed by atoms with van der Waals surface area (Å²) < 4.78 is 0. The molecule has 3 heteroatoms. The normalized spacial score (nSPS) is 10.2. The highest BCUT2D eigenvalue weighted by molar-refractivity contribution is 5.91. The van der Waals surface area contributed by atoms with Gasteiger partial charge in [0.15, 0.2) is 0 Å². The molecule has 110 valence electrons. The summed E-state index contributed by atoms with van der Waals surface area (Å²) in [7, 11) is 0. The van der Waals surface area contributed by atoms with Crippen LogP contribution >= 0.6 is 0 Å². The summed E-state index contributed by atoms with van der Waals surface area (Å²) in [5, 5.41) is 2.99. The van der Waals surface area contributed by atoms with Crippen molar-refractivity contribution in [3.63, 3.8) is 0 Å². The Morgan fingerprint density at radius 1 is 1.10 bits per heavy atom. The van der Waals surface area contributed by atoms with Crippen LogP contribution < -0.4 is 10.2 Å². The molecule has 2 rings (SSSR count). The Bertz CT molecular complexity index is 581. The molecular weight excluding hydrogens is 260 g/mol. The average Bonchev–Trinajstić information content (AvgIpc) is 2.49. The summed E-state index contributed by atoms with van der Waals surface area (Å²) in [6, 6.07) is 18.1. The van der Waals surface area contributed by atoms with Crippen molar-refractivity contribution in [2.24, 2.45) is 0 Å². The van der Waals surface area contributed by atoms with E-state index >= 15 is 0 Å². The second-order valence-corrected chi connectivity index (χ2v) is 5.05. The Balaban J connectivity index is 1.92. The first-order chi connectivity index (χ1) is 10.2. The molecule has 0 aliphatic carbocycles. The molecule has 0 saturated heterocycles. The number of anilines is 1. The third-order valence-corrected chi connectivity index (χ3v) is 3.41. The average molecular weight is 282 g/mol. The zero-order valence-electron chi connectivity index (χ0n) is 12.7. The van der Waals surface area contributed by atoms with Crippen LogP contribution in [0.4, 0.5) is 10.5 Å². The predicted molar refractivity (Wildman–Crippen MR) is 87.7 cm³/mol. The van der Waals surface area contributed by atoms with Crippen molar-refractivity contribution in [1.82, 2.24) is 5.32 Å². The summed E-state index contributed by atoms with van der Waals surface area (Å²) >= 11 is 0. The third-order valence-electron chi connectivity index (χ3n) is 3.41. The second kappa shape index (κ2) is 7.48. The van der Waals surface area contributed by atoms with Gasteiger partial charge in [-0.05, 0) is 43.5 Å². The number of nitrogens with zero attached hydrogens (tertiary/aromatic N) is 1. The predicted octanol–water partition coefficient (Wildman–Crippen LogP) is 3.77. The molecule has 0 aromatic heterocycles. The van der Waals surface area contributed by atoms with Gasteiger partial charge in [0.2, 0.25) is 0 Å². The lowest BCUT2D eigenvalue weighted by Crippen LogP contribution is -2.40. The van der Waals surface area contributed by atoms with Crippen molar-refractivity contribution < 1.29 is 4.79 Å². The van der Waals surface area contributed by atoms with E-state index in [4.69, 9.17) is 0 Å². The Kier molecular flexibility index (Phi) is 5.38. The van der Waals surface area contributed by atoms with E-state index in [0.717, 1.165) is 17.7 Å². The molecule has 0 bridgehead atoms. The third kappa shape index (κ3) is 4.35. The van der Waals surface area contributed by atoms with Crippen molar-refractivity contribution in [2.45, 2.75) is 20.3 Å². The standard InChI is InChI=1S/C18H22N2O/c1-3-20(17-11-7-8-15(2)14-17)18(21)19-13-12-16-9-5-4-6-10-16/h4-11,14H,3,12-13H2,1-2H3,(H,19,21). The smallest absolute Gasteiger partial charge is 0.321 e. The van der Waals surface area contributed by atoms with Gasteiger partial charge in [-0.25, -0.2) is 4.79 Å². The lowest BCUT2D eigenvalue weighted by atomic mass is 10.1. The van der Waals surface area contributed by atoms with Crippen molar-refractivity contribution >= 4 is 11.7 Å². The molecule has 0 radical (unpaired) electrons. The van der Waals surface area contributed by atoms with Crippen LogP contribution in [-0.2, 0) is 6.42 Å². The fourth-order valence-electron chi connectivity index (χ4n) is 2.29. The van der Waals surface area contributed by atoms with Gasteiger partial charge in [0, 0.05) is 18.8 Å². The second-order valence-electron chi connectivity index (χ2n) is 5.05. The van der Waals surface area contributed by atoms with Gasteiger partial charge in [-0.1, -0.05) is 42.5 Å². The maximum absolute atomic E-state index is 12.3. The molecule has 0 aliphatic rings. The fraction of sp³-hybridized carbons (Fsp3) is 0.278. The van der Waals surface area contributed by atoms with Crippen LogP contribution in [0.25, 0.3) is 0 Å². The van der Waals surface area contributed by atoms with Gasteiger partial charge in [-0.3, -0.25) is 4.90 Å². The molecule has 0 fully saturated rings. The highest BCUT2D eigenvalue weighted by Gasteiger charge is 2.12. The van der Waals surface area contributed by atoms with Crippen molar-refractivity contribution in [3.8, 4) is 0 Å². The van der Waals surface area contributed by atoms with Crippen LogP contribution in [0.1, 0.15) is 18.1 Å². The molecule has 0 spiro atoms. The first kappa shape index (κ1) is 15.1. The number of urea groups is 1. The van der Waals surface area contributed by atoms with Crippen LogP contribution in [0, 0.1) is 6.92 Å². The van der Waals surface area contributed by atoms with E-state index in [9.17, 15) is 4.79 Å². The van der Waals surface area contributed by atoms with E-state index in [1.807, 2.05) is 56.3 Å². The first-order valence-corrected chi connectivity index (χ1v) is 7.36. The van der Waals surface area contributed by atoms with Crippen molar-refractivity contribution in [3.05, 3.63) is 65.7 Å². The van der Waals surface area contributed by atoms with Gasteiger partial charge in [0.25, 0.3) is 0 Å². The Morgan fingerprint density at radius 3 is 2.52 bits per heavy atom. The molecular formula is C18H22N2O. The largest absolute Gasteiger partial charge is 0.337 e. The number of carbonyl (C=O) groups is 1. The van der Waals surface area contributed by atoms with Crippen LogP contribution in [0.15, 0.2) is 54.6 Å². The Morgan fingerprint density at radius 2 is 1.86 bits per heavy atom. The number of benzene rings is 2. The number of amides is 2. The molecule has 0 saturated carbocycles. The molecule has 0 unspecified atom stereocenters. The molecule has 2 aromatic carbocycles. The quantitative estimate of drug-likeness (QED) is 0.889. The van der Waals surface area contributed by atoms with E-state index in [0.29, 0.717) is 13.1 Å². The molecule has 2 amide bonds. The van der Waals surface area contributed by atoms with Gasteiger partial charge < -0.3 is 5.32 Å². The Hall–Kier alpha value is -2.29. The minimum atomic E-state index is -0.0426. The fourth-order valence-corrected chi connectivity index (χ4v) is 2.29.